The van der Waals surface area contributed by atoms with E-state index in [0.29, 0.717) is 4.68 Å². The summed E-state index contributed by atoms with van der Waals surface area (Å²) in [4.78, 5) is 29.2. The van der Waals surface area contributed by atoms with E-state index in [4.69, 9.17) is 5.11 Å². The van der Waals surface area contributed by atoms with Gasteiger partial charge in [-0.2, -0.15) is 9.78 Å². The van der Waals surface area contributed by atoms with Gasteiger partial charge in [-0.3, -0.25) is 14.6 Å². The van der Waals surface area contributed by atoms with Gasteiger partial charge in [0.1, 0.15) is 17.4 Å². The van der Waals surface area contributed by atoms with Gasteiger partial charge in [0, 0.05) is 11.8 Å². The monoisotopic (exact) mass is 488 g/mol. The highest BCUT2D eigenvalue weighted by molar-refractivity contribution is 5.95. The average molecular weight is 488 g/mol. The van der Waals surface area contributed by atoms with Crippen LogP contribution in [-0.2, 0) is 0 Å². The highest BCUT2D eigenvalue weighted by Gasteiger charge is 2.32. The predicted octanol–water partition coefficient (Wildman–Crippen LogP) is 2.84. The lowest BCUT2D eigenvalue weighted by Gasteiger charge is -2.18. The maximum atomic E-state index is 13.1. The molecule has 0 aliphatic rings. The first-order valence-corrected chi connectivity index (χ1v) is 9.28. The van der Waals surface area contributed by atoms with Crippen LogP contribution in [0, 0.1) is 0 Å². The number of hydrogen-bond acceptors (Lipinski definition) is 6. The van der Waals surface area contributed by atoms with Crippen LogP contribution < -0.4 is 15.6 Å². The number of hydrogen-bond donors (Lipinski definition) is 2. The minimum Gasteiger partial charge on any atom is -0.406 e. The van der Waals surface area contributed by atoms with Gasteiger partial charge in [-0.25, -0.2) is 13.2 Å². The minimum absolute atomic E-state index is 0.0661. The van der Waals surface area contributed by atoms with E-state index in [1.165, 1.54) is 24.5 Å². The molecular formula is C20H14F6N4O4. The fourth-order valence-electron chi connectivity index (χ4n) is 2.76. The summed E-state index contributed by atoms with van der Waals surface area (Å²) in [5, 5.41) is 14.5. The molecule has 0 saturated carbocycles. The third kappa shape index (κ3) is 5.89. The zero-order valence-electron chi connectivity index (χ0n) is 16.7. The third-order valence-corrected chi connectivity index (χ3v) is 4.30. The number of benzene rings is 1. The lowest BCUT2D eigenvalue weighted by atomic mass is 10.1. The highest BCUT2D eigenvalue weighted by Crippen LogP contribution is 2.26. The smallest absolute Gasteiger partial charge is 0.406 e. The number of nitrogens with one attached hydrogen (secondary N) is 1. The van der Waals surface area contributed by atoms with Crippen molar-refractivity contribution in [3.8, 4) is 22.7 Å². The van der Waals surface area contributed by atoms with Gasteiger partial charge >= 0.3 is 6.36 Å². The van der Waals surface area contributed by atoms with Crippen molar-refractivity contribution in [2.45, 2.75) is 25.2 Å². The Balaban J connectivity index is 2.09. The largest absolute Gasteiger partial charge is 0.573 e. The van der Waals surface area contributed by atoms with Gasteiger partial charge in [0.15, 0.2) is 0 Å². The van der Waals surface area contributed by atoms with Crippen LogP contribution in [0.4, 0.5) is 26.3 Å². The minimum atomic E-state index is -4.93. The molecule has 2 atom stereocenters. The number of rotatable bonds is 7. The number of carbonyl (C=O) groups is 1. The van der Waals surface area contributed by atoms with Crippen LogP contribution in [0.2, 0.25) is 0 Å². The lowest BCUT2D eigenvalue weighted by molar-refractivity contribution is -0.274. The molecule has 1 amide bonds. The Morgan fingerprint density at radius 3 is 2.32 bits per heavy atom. The molecule has 1 unspecified atom stereocenters. The quantitative estimate of drug-likeness (QED) is 0.496. The van der Waals surface area contributed by atoms with Crippen molar-refractivity contribution in [1.29, 1.82) is 0 Å². The molecule has 1 aromatic carbocycles. The zero-order chi connectivity index (χ0) is 25.0. The second-order valence-electron chi connectivity index (χ2n) is 6.65. The van der Waals surface area contributed by atoms with E-state index in [9.17, 15) is 35.9 Å². The molecule has 0 bridgehead atoms. The van der Waals surface area contributed by atoms with Crippen molar-refractivity contribution in [2.24, 2.45) is 0 Å². The summed E-state index contributed by atoms with van der Waals surface area (Å²) < 4.78 is 80.7. The van der Waals surface area contributed by atoms with Crippen molar-refractivity contribution in [3.63, 3.8) is 0 Å². The SMILES string of the molecule is O=C(N[C@H](C(O)F)C(F)F)c1cc(-c2ccc(OC(F)(F)F)cc2)nn(-c2cccnc2)c1=O. The van der Waals surface area contributed by atoms with Crippen LogP contribution in [0.1, 0.15) is 10.4 Å². The summed E-state index contributed by atoms with van der Waals surface area (Å²) in [6, 6.07) is 5.30. The molecule has 0 spiro atoms. The van der Waals surface area contributed by atoms with Crippen LogP contribution in [0.3, 0.4) is 0 Å². The van der Waals surface area contributed by atoms with Crippen molar-refractivity contribution in [2.75, 3.05) is 0 Å². The predicted molar refractivity (Wildman–Crippen MR) is 104 cm³/mol. The number of ether oxygens (including phenoxy) is 1. The number of alkyl halides is 6. The normalized spacial score (nSPS) is 13.4. The van der Waals surface area contributed by atoms with E-state index < -0.39 is 48.0 Å². The molecule has 3 aromatic rings. The molecule has 2 heterocycles. The molecule has 0 saturated heterocycles. The summed E-state index contributed by atoms with van der Waals surface area (Å²) in [5.41, 5.74) is -1.78. The zero-order valence-corrected chi connectivity index (χ0v) is 16.7. The van der Waals surface area contributed by atoms with Crippen molar-refractivity contribution in [3.05, 3.63) is 70.8 Å². The molecule has 2 aromatic heterocycles. The molecular weight excluding hydrogens is 474 g/mol. The summed E-state index contributed by atoms with van der Waals surface area (Å²) in [5.74, 6) is -1.99. The van der Waals surface area contributed by atoms with Crippen LogP contribution in [0.5, 0.6) is 5.75 Å². The number of halogens is 6. The molecule has 0 fully saturated rings. The number of nitrogens with zero attached hydrogens (tertiary/aromatic N) is 3. The molecule has 3 rings (SSSR count). The third-order valence-electron chi connectivity index (χ3n) is 4.30. The standard InChI is InChI=1S/C20H14F6N4O4/c21-16(22)15(17(23)31)28-18(32)13-8-14(10-3-5-12(6-4-10)34-20(24,25)26)29-30(19(13)33)11-2-1-7-27-9-11/h1-9,15-17,31H,(H,28,32)/t15-,17?/m0/s1. The Hall–Kier alpha value is -3.94. The van der Waals surface area contributed by atoms with Gasteiger partial charge in [0.05, 0.1) is 17.6 Å². The van der Waals surface area contributed by atoms with Crippen molar-refractivity contribution < 1.29 is 41.0 Å². The van der Waals surface area contributed by atoms with Crippen molar-refractivity contribution in [1.82, 2.24) is 20.1 Å². The fourth-order valence-corrected chi connectivity index (χ4v) is 2.76. The van der Waals surface area contributed by atoms with E-state index in [2.05, 4.69) is 14.8 Å². The second kappa shape index (κ2) is 9.91. The topological polar surface area (TPSA) is 106 Å². The maximum Gasteiger partial charge on any atom is 0.573 e. The fraction of sp³-hybridized carbons (Fsp3) is 0.200. The van der Waals surface area contributed by atoms with Gasteiger partial charge in [-0.1, -0.05) is 0 Å². The first-order chi connectivity index (χ1) is 16.0. The number of carbonyl (C=O) groups excluding carboxylic acids is 1. The van der Waals surface area contributed by atoms with Crippen LogP contribution in [-0.4, -0.2) is 51.0 Å². The number of pyridine rings is 1. The Morgan fingerprint density at radius 2 is 1.79 bits per heavy atom. The summed E-state index contributed by atoms with van der Waals surface area (Å²) >= 11 is 0. The molecule has 0 aliphatic carbocycles. The number of aliphatic hydroxyl groups excluding tert-OH is 1. The van der Waals surface area contributed by atoms with E-state index in [1.807, 2.05) is 0 Å². The van der Waals surface area contributed by atoms with Gasteiger partial charge in [0.2, 0.25) is 6.36 Å². The molecule has 0 aliphatic heterocycles. The Bertz CT molecular complexity index is 1190. The average Bonchev–Trinajstić information content (AvgIpc) is 2.77. The molecule has 8 nitrogen and oxygen atoms in total. The summed E-state index contributed by atoms with van der Waals surface area (Å²) in [6.07, 6.45) is -8.96. The van der Waals surface area contributed by atoms with Gasteiger partial charge < -0.3 is 15.2 Å². The highest BCUT2D eigenvalue weighted by atomic mass is 19.4. The molecule has 0 radical (unpaired) electrons. The Morgan fingerprint density at radius 1 is 1.12 bits per heavy atom. The van der Waals surface area contributed by atoms with E-state index in [1.54, 1.807) is 5.32 Å². The Kier molecular flexibility index (Phi) is 7.20. The van der Waals surface area contributed by atoms with E-state index in [-0.39, 0.29) is 16.9 Å². The number of amides is 1. The Labute approximate surface area is 186 Å². The summed E-state index contributed by atoms with van der Waals surface area (Å²) in [7, 11) is 0. The molecule has 34 heavy (non-hydrogen) atoms. The first kappa shape index (κ1) is 24.7. The first-order valence-electron chi connectivity index (χ1n) is 9.28. The van der Waals surface area contributed by atoms with Crippen LogP contribution in [0.15, 0.2) is 59.7 Å². The summed E-state index contributed by atoms with van der Waals surface area (Å²) in [6.45, 7) is 0. The van der Waals surface area contributed by atoms with E-state index >= 15 is 0 Å². The second-order valence-corrected chi connectivity index (χ2v) is 6.65. The van der Waals surface area contributed by atoms with Gasteiger partial charge in [-0.15, -0.1) is 13.2 Å². The van der Waals surface area contributed by atoms with Gasteiger partial charge in [0.25, 0.3) is 17.9 Å². The van der Waals surface area contributed by atoms with Crippen LogP contribution >= 0.6 is 0 Å². The molecule has 2 N–H and O–H groups in total. The van der Waals surface area contributed by atoms with E-state index in [0.717, 1.165) is 30.3 Å². The van der Waals surface area contributed by atoms with Crippen molar-refractivity contribution >= 4 is 5.91 Å². The molecule has 180 valence electrons. The lowest BCUT2D eigenvalue weighted by Crippen LogP contribution is -2.48. The maximum absolute atomic E-state index is 13.1. The van der Waals surface area contributed by atoms with Gasteiger partial charge in [-0.05, 0) is 42.5 Å². The number of aliphatic hydroxyl groups is 1. The molecule has 14 heteroatoms. The van der Waals surface area contributed by atoms with Crippen LogP contribution in [0.25, 0.3) is 16.9 Å². The number of aromatic nitrogens is 3.